The van der Waals surface area contributed by atoms with Crippen molar-refractivity contribution >= 4 is 11.9 Å². The van der Waals surface area contributed by atoms with Crippen LogP contribution in [0.2, 0.25) is 0 Å². The Kier molecular flexibility index (Phi) is 5.09. The molecule has 2 aliphatic heterocycles. The molecular weight excluding hydrogens is 392 g/mol. The molecule has 0 aromatic heterocycles. The smallest absolute Gasteiger partial charge is 0.309 e. The molecule has 4 rings (SSSR count). The minimum absolute atomic E-state index is 0.104. The summed E-state index contributed by atoms with van der Waals surface area (Å²) in [5.41, 5.74) is -2.35. The molecule has 4 fully saturated rings. The zero-order chi connectivity index (χ0) is 21.9. The van der Waals surface area contributed by atoms with Gasteiger partial charge in [-0.25, -0.2) is 9.78 Å². The van der Waals surface area contributed by atoms with Crippen LogP contribution in [-0.4, -0.2) is 58.8 Å². The average Bonchev–Trinajstić information content (AvgIpc) is 2.99. The van der Waals surface area contributed by atoms with Crippen LogP contribution < -0.4 is 0 Å². The number of esters is 2. The first-order valence-electron chi connectivity index (χ1n) is 10.7. The second-order valence-corrected chi connectivity index (χ2v) is 10.3. The van der Waals surface area contributed by atoms with E-state index in [-0.39, 0.29) is 31.5 Å². The lowest BCUT2D eigenvalue weighted by atomic mass is 9.43. The normalized spacial score (nSPS) is 48.5. The van der Waals surface area contributed by atoms with Crippen molar-refractivity contribution in [1.29, 1.82) is 0 Å². The summed E-state index contributed by atoms with van der Waals surface area (Å²) in [6, 6.07) is 0. The zero-order valence-corrected chi connectivity index (χ0v) is 17.9. The van der Waals surface area contributed by atoms with Crippen molar-refractivity contribution in [3.05, 3.63) is 12.2 Å². The Morgan fingerprint density at radius 3 is 2.53 bits per heavy atom. The Bertz CT molecular complexity index is 754. The highest BCUT2D eigenvalue weighted by Crippen LogP contribution is 2.66. The highest BCUT2D eigenvalue weighted by molar-refractivity contribution is 5.73. The van der Waals surface area contributed by atoms with Gasteiger partial charge < -0.3 is 19.7 Å². The molecule has 0 unspecified atom stereocenters. The molecule has 2 aliphatic carbocycles. The third kappa shape index (κ3) is 3.11. The standard InChI is InChI=1S/C22H32O8/c1-13-7-16(25)18-19(3,11-27-14(2)23)8-15(24)9-20(18,4)22(13)6-5-21(29-30-22)10-17(26)28-12-21/h15-16,18,24-25H,1,5-12H2,2-4H3/t15-,16-,18-,19+,20-,21-,22+/m0/s1. The molecule has 0 amide bonds. The van der Waals surface area contributed by atoms with E-state index in [9.17, 15) is 19.8 Å². The van der Waals surface area contributed by atoms with Gasteiger partial charge in [-0.1, -0.05) is 20.4 Å². The van der Waals surface area contributed by atoms with Crippen LogP contribution in [0.4, 0.5) is 0 Å². The van der Waals surface area contributed by atoms with Gasteiger partial charge in [-0.05, 0) is 37.7 Å². The van der Waals surface area contributed by atoms with Gasteiger partial charge in [-0.2, -0.15) is 0 Å². The van der Waals surface area contributed by atoms with Crippen LogP contribution in [0.15, 0.2) is 12.2 Å². The molecule has 4 aliphatic rings. The molecule has 2 heterocycles. The Morgan fingerprint density at radius 1 is 1.23 bits per heavy atom. The summed E-state index contributed by atoms with van der Waals surface area (Å²) in [5.74, 6) is -1.01. The largest absolute Gasteiger partial charge is 0.465 e. The highest BCUT2D eigenvalue weighted by atomic mass is 17.2. The fourth-order valence-electron chi connectivity index (χ4n) is 6.84. The van der Waals surface area contributed by atoms with Crippen LogP contribution in [0.3, 0.4) is 0 Å². The third-order valence-electron chi connectivity index (χ3n) is 7.99. The number of cyclic esters (lactones) is 1. The fourth-order valence-corrected chi connectivity index (χ4v) is 6.84. The number of aliphatic hydroxyl groups excluding tert-OH is 2. The molecule has 8 heteroatoms. The van der Waals surface area contributed by atoms with Crippen molar-refractivity contribution in [2.24, 2.45) is 16.7 Å². The Balaban J connectivity index is 1.69. The quantitative estimate of drug-likeness (QED) is 0.392. The summed E-state index contributed by atoms with van der Waals surface area (Å²) in [4.78, 5) is 35.1. The van der Waals surface area contributed by atoms with Gasteiger partial charge >= 0.3 is 11.9 Å². The number of rotatable bonds is 2. The molecule has 2 spiro atoms. The molecule has 7 atom stereocenters. The van der Waals surface area contributed by atoms with E-state index in [1.165, 1.54) is 6.92 Å². The lowest BCUT2D eigenvalue weighted by molar-refractivity contribution is -0.461. The molecule has 0 bridgehead atoms. The van der Waals surface area contributed by atoms with E-state index in [0.717, 1.165) is 5.57 Å². The summed E-state index contributed by atoms with van der Waals surface area (Å²) in [5, 5.41) is 22.0. The second kappa shape index (κ2) is 7.02. The maximum atomic E-state index is 11.7. The van der Waals surface area contributed by atoms with Crippen molar-refractivity contribution in [1.82, 2.24) is 0 Å². The number of hydrogen-bond donors (Lipinski definition) is 2. The van der Waals surface area contributed by atoms with Crippen LogP contribution in [0.25, 0.3) is 0 Å². The predicted octanol–water partition coefficient (Wildman–Crippen LogP) is 1.82. The summed E-state index contributed by atoms with van der Waals surface area (Å²) >= 11 is 0. The van der Waals surface area contributed by atoms with Crippen molar-refractivity contribution in [2.45, 2.75) is 82.7 Å². The number of hydrogen-bond acceptors (Lipinski definition) is 8. The Morgan fingerprint density at radius 2 is 1.97 bits per heavy atom. The molecule has 2 N–H and O–H groups in total. The molecule has 2 saturated carbocycles. The monoisotopic (exact) mass is 424 g/mol. The SMILES string of the molecule is C=C1C[C@H](O)[C@H]2[C@@](C)(COC(C)=O)C[C@H](O)C[C@]2(C)[C@@]12CC[C@]1(COC(=O)C1)OO2. The lowest BCUT2D eigenvalue weighted by Crippen LogP contribution is -2.69. The topological polar surface area (TPSA) is 112 Å². The van der Waals surface area contributed by atoms with Gasteiger partial charge in [0.15, 0.2) is 0 Å². The van der Waals surface area contributed by atoms with E-state index in [4.69, 9.17) is 19.2 Å². The molecular formula is C22H32O8. The van der Waals surface area contributed by atoms with Gasteiger partial charge in [0, 0.05) is 23.7 Å². The maximum Gasteiger partial charge on any atom is 0.309 e. The van der Waals surface area contributed by atoms with Crippen LogP contribution in [-0.2, 0) is 28.8 Å². The van der Waals surface area contributed by atoms with Gasteiger partial charge in [-0.3, -0.25) is 9.59 Å². The zero-order valence-electron chi connectivity index (χ0n) is 17.9. The third-order valence-corrected chi connectivity index (χ3v) is 7.99. The summed E-state index contributed by atoms with van der Waals surface area (Å²) in [6.45, 7) is 9.78. The van der Waals surface area contributed by atoms with E-state index in [1.54, 1.807) is 0 Å². The van der Waals surface area contributed by atoms with E-state index in [2.05, 4.69) is 6.58 Å². The van der Waals surface area contributed by atoms with E-state index >= 15 is 0 Å². The van der Waals surface area contributed by atoms with Crippen molar-refractivity contribution < 1.29 is 39.1 Å². The number of carbonyl (C=O) groups excluding carboxylic acids is 2. The van der Waals surface area contributed by atoms with Crippen molar-refractivity contribution in [2.75, 3.05) is 13.2 Å². The van der Waals surface area contributed by atoms with Crippen molar-refractivity contribution in [3.63, 3.8) is 0 Å². The van der Waals surface area contributed by atoms with Crippen LogP contribution in [0.1, 0.15) is 59.3 Å². The maximum absolute atomic E-state index is 11.7. The number of carbonyl (C=O) groups is 2. The molecule has 0 aromatic carbocycles. The van der Waals surface area contributed by atoms with E-state index < -0.39 is 40.2 Å². The predicted molar refractivity (Wildman–Crippen MR) is 104 cm³/mol. The molecule has 8 nitrogen and oxygen atoms in total. The average molecular weight is 424 g/mol. The molecule has 30 heavy (non-hydrogen) atoms. The fraction of sp³-hybridized carbons (Fsp3) is 0.818. The van der Waals surface area contributed by atoms with Crippen molar-refractivity contribution in [3.8, 4) is 0 Å². The molecule has 2 saturated heterocycles. The molecule has 168 valence electrons. The number of aliphatic hydroxyl groups is 2. The first-order chi connectivity index (χ1) is 14.0. The number of ether oxygens (including phenoxy) is 2. The lowest BCUT2D eigenvalue weighted by Gasteiger charge is -2.65. The Hall–Kier alpha value is -1.48. The summed E-state index contributed by atoms with van der Waals surface area (Å²) < 4.78 is 10.5. The number of fused-ring (bicyclic) bond motifs is 2. The summed E-state index contributed by atoms with van der Waals surface area (Å²) in [6.07, 6.45) is 1.01. The first kappa shape index (κ1) is 21.7. The second-order valence-electron chi connectivity index (χ2n) is 10.3. The minimum Gasteiger partial charge on any atom is -0.465 e. The first-order valence-corrected chi connectivity index (χ1v) is 10.7. The summed E-state index contributed by atoms with van der Waals surface area (Å²) in [7, 11) is 0. The molecule has 0 radical (unpaired) electrons. The van der Waals surface area contributed by atoms with Crippen LogP contribution >= 0.6 is 0 Å². The van der Waals surface area contributed by atoms with Gasteiger partial charge in [0.2, 0.25) is 0 Å². The highest BCUT2D eigenvalue weighted by Gasteiger charge is 2.69. The van der Waals surface area contributed by atoms with E-state index in [0.29, 0.717) is 32.1 Å². The van der Waals surface area contributed by atoms with Gasteiger partial charge in [-0.15, -0.1) is 0 Å². The Labute approximate surface area is 176 Å². The van der Waals surface area contributed by atoms with Crippen LogP contribution in [0, 0.1) is 16.7 Å². The van der Waals surface area contributed by atoms with Gasteiger partial charge in [0.1, 0.15) is 17.8 Å². The van der Waals surface area contributed by atoms with E-state index in [1.807, 2.05) is 13.8 Å². The van der Waals surface area contributed by atoms with Gasteiger partial charge in [0.25, 0.3) is 0 Å². The minimum atomic E-state index is -0.924. The molecule has 0 aromatic rings. The van der Waals surface area contributed by atoms with Crippen LogP contribution in [0.5, 0.6) is 0 Å². The van der Waals surface area contributed by atoms with Gasteiger partial charge in [0.05, 0.1) is 25.2 Å².